The number of nitrogens with zero attached hydrogens (tertiary/aromatic N) is 3. The molecular formula is C16H19N3O3S. The van der Waals surface area contributed by atoms with Crippen molar-refractivity contribution in [3.63, 3.8) is 0 Å². The molecular weight excluding hydrogens is 314 g/mol. The van der Waals surface area contributed by atoms with E-state index in [1.807, 2.05) is 24.3 Å². The van der Waals surface area contributed by atoms with Crippen molar-refractivity contribution in [1.82, 2.24) is 14.4 Å². The van der Waals surface area contributed by atoms with Crippen LogP contribution in [0.3, 0.4) is 0 Å². The van der Waals surface area contributed by atoms with Crippen LogP contribution in [-0.2, 0) is 9.59 Å². The number of piperazine rings is 1. The standard InChI is InChI=1S/C16H19N3O3S/c1-11(15(21)18-9-7-17(8-10-18)12(2)20)19-13-5-3-4-6-14(13)23-16(19)22/h3-6,11H,7-10H2,1-2H3. The second kappa shape index (κ2) is 6.16. The number of carbonyl (C=O) groups excluding carboxylic acids is 2. The van der Waals surface area contributed by atoms with Crippen molar-refractivity contribution >= 4 is 33.4 Å². The Bertz CT molecular complexity index is 802. The summed E-state index contributed by atoms with van der Waals surface area (Å²) >= 11 is 1.16. The van der Waals surface area contributed by atoms with E-state index in [1.165, 1.54) is 6.92 Å². The molecule has 3 rings (SSSR count). The first-order valence-corrected chi connectivity index (χ1v) is 8.45. The lowest BCUT2D eigenvalue weighted by Gasteiger charge is -2.35. The lowest BCUT2D eigenvalue weighted by Crippen LogP contribution is -2.51. The van der Waals surface area contributed by atoms with Crippen LogP contribution in [0.5, 0.6) is 0 Å². The molecule has 2 heterocycles. The molecule has 6 nitrogen and oxygen atoms in total. The number of hydrogen-bond donors (Lipinski definition) is 0. The number of fused-ring (bicyclic) bond motifs is 1. The number of carbonyl (C=O) groups is 2. The Morgan fingerprint density at radius 1 is 1.09 bits per heavy atom. The quantitative estimate of drug-likeness (QED) is 0.832. The molecule has 1 aliphatic heterocycles. The Morgan fingerprint density at radius 2 is 1.70 bits per heavy atom. The normalized spacial score (nSPS) is 16.6. The summed E-state index contributed by atoms with van der Waals surface area (Å²) in [4.78, 5) is 39.7. The number of thiazole rings is 1. The van der Waals surface area contributed by atoms with Gasteiger partial charge in [-0.15, -0.1) is 0 Å². The van der Waals surface area contributed by atoms with Gasteiger partial charge in [-0.05, 0) is 19.1 Å². The van der Waals surface area contributed by atoms with Gasteiger partial charge in [0.2, 0.25) is 11.8 Å². The smallest absolute Gasteiger partial charge is 0.308 e. The zero-order chi connectivity index (χ0) is 16.6. The fourth-order valence-electron chi connectivity index (χ4n) is 2.97. The topological polar surface area (TPSA) is 62.6 Å². The third-order valence-electron chi connectivity index (χ3n) is 4.30. The molecule has 0 saturated carbocycles. The minimum Gasteiger partial charge on any atom is -0.339 e. The maximum Gasteiger partial charge on any atom is 0.308 e. The third-order valence-corrected chi connectivity index (χ3v) is 5.24. The van der Waals surface area contributed by atoms with Gasteiger partial charge in [-0.1, -0.05) is 23.5 Å². The van der Waals surface area contributed by atoms with Crippen LogP contribution in [0.15, 0.2) is 29.1 Å². The van der Waals surface area contributed by atoms with E-state index in [2.05, 4.69) is 0 Å². The van der Waals surface area contributed by atoms with Crippen LogP contribution in [0.1, 0.15) is 19.9 Å². The second-order valence-corrected chi connectivity index (χ2v) is 6.71. The van der Waals surface area contributed by atoms with Gasteiger partial charge in [0.05, 0.1) is 10.2 Å². The first-order valence-electron chi connectivity index (χ1n) is 7.63. The Balaban J connectivity index is 1.81. The van der Waals surface area contributed by atoms with Crippen molar-refractivity contribution in [3.05, 3.63) is 33.9 Å². The van der Waals surface area contributed by atoms with Gasteiger partial charge in [-0.25, -0.2) is 0 Å². The van der Waals surface area contributed by atoms with E-state index in [4.69, 9.17) is 0 Å². The van der Waals surface area contributed by atoms with Crippen LogP contribution < -0.4 is 4.87 Å². The summed E-state index contributed by atoms with van der Waals surface area (Å²) in [5.74, 6) is -0.0379. The van der Waals surface area contributed by atoms with E-state index in [1.54, 1.807) is 21.3 Å². The molecule has 0 radical (unpaired) electrons. The highest BCUT2D eigenvalue weighted by atomic mass is 32.1. The summed E-state index contributed by atoms with van der Waals surface area (Å²) in [6.45, 7) is 5.43. The minimum absolute atomic E-state index is 0.0326. The zero-order valence-corrected chi connectivity index (χ0v) is 14.0. The SMILES string of the molecule is CC(=O)N1CCN(C(=O)C(C)n2c(=O)sc3ccccc32)CC1. The number of benzene rings is 1. The lowest BCUT2D eigenvalue weighted by molar-refractivity contribution is -0.140. The molecule has 1 fully saturated rings. The van der Waals surface area contributed by atoms with E-state index in [0.29, 0.717) is 26.2 Å². The molecule has 1 aromatic carbocycles. The van der Waals surface area contributed by atoms with Gasteiger partial charge in [-0.3, -0.25) is 19.0 Å². The predicted molar refractivity (Wildman–Crippen MR) is 89.6 cm³/mol. The summed E-state index contributed by atoms with van der Waals surface area (Å²) in [6.07, 6.45) is 0. The third kappa shape index (κ3) is 2.88. The molecule has 122 valence electrons. The number of rotatable bonds is 2. The number of amides is 2. The average molecular weight is 333 g/mol. The first kappa shape index (κ1) is 15.7. The first-order chi connectivity index (χ1) is 11.0. The fraction of sp³-hybridized carbons (Fsp3) is 0.438. The minimum atomic E-state index is -0.539. The van der Waals surface area contributed by atoms with E-state index < -0.39 is 6.04 Å². The van der Waals surface area contributed by atoms with Crippen molar-refractivity contribution in [2.75, 3.05) is 26.2 Å². The van der Waals surface area contributed by atoms with E-state index >= 15 is 0 Å². The molecule has 1 unspecified atom stereocenters. The summed E-state index contributed by atoms with van der Waals surface area (Å²) in [6, 6.07) is 6.97. The van der Waals surface area contributed by atoms with Crippen LogP contribution in [0, 0.1) is 0 Å². The van der Waals surface area contributed by atoms with Crippen LogP contribution in [0.2, 0.25) is 0 Å². The molecule has 1 aliphatic rings. The Kier molecular flexibility index (Phi) is 4.21. The zero-order valence-electron chi connectivity index (χ0n) is 13.2. The molecule has 1 saturated heterocycles. The summed E-state index contributed by atoms with van der Waals surface area (Å²) in [7, 11) is 0. The largest absolute Gasteiger partial charge is 0.339 e. The average Bonchev–Trinajstić information content (AvgIpc) is 2.89. The summed E-state index contributed by atoms with van der Waals surface area (Å²) in [5.41, 5.74) is 0.797. The molecule has 1 atom stereocenters. The van der Waals surface area contributed by atoms with E-state index in [0.717, 1.165) is 21.6 Å². The van der Waals surface area contributed by atoms with Gasteiger partial charge in [0.15, 0.2) is 0 Å². The van der Waals surface area contributed by atoms with Gasteiger partial charge < -0.3 is 9.80 Å². The van der Waals surface area contributed by atoms with Crippen molar-refractivity contribution in [1.29, 1.82) is 0 Å². The number of aromatic nitrogens is 1. The van der Waals surface area contributed by atoms with Crippen LogP contribution >= 0.6 is 11.3 Å². The van der Waals surface area contributed by atoms with Crippen molar-refractivity contribution < 1.29 is 9.59 Å². The van der Waals surface area contributed by atoms with Gasteiger partial charge >= 0.3 is 4.87 Å². The van der Waals surface area contributed by atoms with E-state index in [9.17, 15) is 14.4 Å². The maximum atomic E-state index is 12.7. The molecule has 0 spiro atoms. The highest BCUT2D eigenvalue weighted by Gasteiger charge is 2.28. The predicted octanol–water partition coefficient (Wildman–Crippen LogP) is 1.31. The summed E-state index contributed by atoms with van der Waals surface area (Å²) < 4.78 is 2.46. The number of para-hydroxylation sites is 1. The molecule has 23 heavy (non-hydrogen) atoms. The molecule has 0 bridgehead atoms. The van der Waals surface area contributed by atoms with E-state index in [-0.39, 0.29) is 16.7 Å². The highest BCUT2D eigenvalue weighted by molar-refractivity contribution is 7.16. The lowest BCUT2D eigenvalue weighted by atomic mass is 10.2. The van der Waals surface area contributed by atoms with Crippen molar-refractivity contribution in [2.45, 2.75) is 19.9 Å². The summed E-state index contributed by atoms with van der Waals surface area (Å²) in [5, 5.41) is 0. The van der Waals surface area contributed by atoms with Gasteiger partial charge in [0.1, 0.15) is 6.04 Å². The molecule has 7 heteroatoms. The van der Waals surface area contributed by atoms with Gasteiger partial charge in [-0.2, -0.15) is 0 Å². The Labute approximate surface area is 137 Å². The van der Waals surface area contributed by atoms with Crippen molar-refractivity contribution in [2.24, 2.45) is 0 Å². The van der Waals surface area contributed by atoms with Crippen LogP contribution in [0.25, 0.3) is 10.2 Å². The Morgan fingerprint density at radius 3 is 2.35 bits per heavy atom. The molecule has 0 aliphatic carbocycles. The molecule has 0 N–H and O–H groups in total. The van der Waals surface area contributed by atoms with Crippen LogP contribution in [0.4, 0.5) is 0 Å². The van der Waals surface area contributed by atoms with Crippen LogP contribution in [-0.4, -0.2) is 52.4 Å². The molecule has 2 amide bonds. The monoisotopic (exact) mass is 333 g/mol. The molecule has 1 aromatic heterocycles. The molecule has 2 aromatic rings. The fourth-order valence-corrected chi connectivity index (χ4v) is 3.93. The second-order valence-electron chi connectivity index (χ2n) is 5.71. The van der Waals surface area contributed by atoms with Crippen molar-refractivity contribution in [3.8, 4) is 0 Å². The van der Waals surface area contributed by atoms with Gasteiger partial charge in [0, 0.05) is 33.1 Å². The number of hydrogen-bond acceptors (Lipinski definition) is 4. The highest BCUT2D eigenvalue weighted by Crippen LogP contribution is 2.21. The van der Waals surface area contributed by atoms with Gasteiger partial charge in [0.25, 0.3) is 0 Å². The maximum absolute atomic E-state index is 12.7. The Hall–Kier alpha value is -2.15.